The second-order valence-electron chi connectivity index (χ2n) is 6.86. The van der Waals surface area contributed by atoms with E-state index >= 15 is 0 Å². The average Bonchev–Trinajstić information content (AvgIpc) is 2.71. The minimum absolute atomic E-state index is 0.251. The Hall–Kier alpha value is -2.94. The zero-order chi connectivity index (χ0) is 22.3. The first-order valence-electron chi connectivity index (χ1n) is 9.38. The number of methoxy groups -OCH3 is 1. The molecule has 30 heavy (non-hydrogen) atoms. The highest BCUT2D eigenvalue weighted by molar-refractivity contribution is 7.92. The van der Waals surface area contributed by atoms with E-state index in [2.05, 4.69) is 5.32 Å². The third-order valence-corrected chi connectivity index (χ3v) is 5.53. The Bertz CT molecular complexity index is 946. The van der Waals surface area contributed by atoms with E-state index in [4.69, 9.17) is 14.2 Å². The van der Waals surface area contributed by atoms with E-state index in [1.165, 1.54) is 7.05 Å². The molecule has 2 rings (SSSR count). The third-order valence-electron chi connectivity index (χ3n) is 4.33. The minimum Gasteiger partial charge on any atom is -0.493 e. The molecule has 0 aliphatic carbocycles. The summed E-state index contributed by atoms with van der Waals surface area (Å²) >= 11 is 0. The first-order valence-corrected chi connectivity index (χ1v) is 11.2. The molecule has 0 fully saturated rings. The van der Waals surface area contributed by atoms with Crippen LogP contribution in [0.2, 0.25) is 0 Å². The number of nitrogens with zero attached hydrogens (tertiary/aromatic N) is 1. The number of sulfonamides is 1. The van der Waals surface area contributed by atoms with Gasteiger partial charge in [-0.05, 0) is 50.2 Å². The van der Waals surface area contributed by atoms with Crippen LogP contribution in [-0.2, 0) is 14.8 Å². The van der Waals surface area contributed by atoms with Crippen molar-refractivity contribution in [1.82, 2.24) is 5.32 Å². The molecule has 164 valence electrons. The maximum Gasteiger partial charge on any atom is 0.261 e. The van der Waals surface area contributed by atoms with Crippen LogP contribution in [0.1, 0.15) is 13.8 Å². The fourth-order valence-electron chi connectivity index (χ4n) is 2.54. The Morgan fingerprint density at radius 2 is 1.67 bits per heavy atom. The second kappa shape index (κ2) is 10.2. The summed E-state index contributed by atoms with van der Waals surface area (Å²) in [5.74, 6) is 1.40. The number of hydrogen-bond donors (Lipinski definition) is 1. The van der Waals surface area contributed by atoms with Crippen LogP contribution in [-0.4, -0.2) is 53.5 Å². The highest BCUT2D eigenvalue weighted by Gasteiger charge is 2.18. The molecule has 0 saturated heterocycles. The molecule has 0 bridgehead atoms. The summed E-state index contributed by atoms with van der Waals surface area (Å²) < 4.78 is 41.0. The summed E-state index contributed by atoms with van der Waals surface area (Å²) in [4.78, 5) is 12.4. The normalized spacial score (nSPS) is 13.1. The monoisotopic (exact) mass is 436 g/mol. The number of anilines is 1. The van der Waals surface area contributed by atoms with Crippen molar-refractivity contribution in [2.24, 2.45) is 0 Å². The van der Waals surface area contributed by atoms with Gasteiger partial charge in [-0.2, -0.15) is 0 Å². The van der Waals surface area contributed by atoms with E-state index in [-0.39, 0.29) is 18.6 Å². The van der Waals surface area contributed by atoms with Crippen molar-refractivity contribution >= 4 is 21.6 Å². The Morgan fingerprint density at radius 3 is 2.23 bits per heavy atom. The number of nitrogens with one attached hydrogen (secondary N) is 1. The molecule has 0 heterocycles. The molecule has 0 aromatic heterocycles. The molecule has 9 heteroatoms. The molecular formula is C21H28N2O6S. The van der Waals surface area contributed by atoms with Crippen LogP contribution in [0.15, 0.2) is 48.5 Å². The molecule has 1 N–H and O–H groups in total. The number of carbonyl (C=O) groups excluding carboxylic acids is 1. The summed E-state index contributed by atoms with van der Waals surface area (Å²) in [6, 6.07) is 13.5. The van der Waals surface area contributed by atoms with Crippen LogP contribution in [0.4, 0.5) is 5.69 Å². The standard InChI is InChI=1S/C21H28N2O6S/c1-15(14-28-20-9-7-6-8-19(20)27-4)22-21(24)16(2)29-18-12-10-17(11-13-18)23(3)30(5,25)26/h6-13,15-16H,14H2,1-5H3,(H,22,24)/t15-,16-/m0/s1. The molecule has 2 aromatic carbocycles. The fourth-order valence-corrected chi connectivity index (χ4v) is 3.04. The second-order valence-corrected chi connectivity index (χ2v) is 8.87. The lowest BCUT2D eigenvalue weighted by atomic mass is 10.2. The Labute approximate surface area is 177 Å². The Balaban J connectivity index is 1.86. The van der Waals surface area contributed by atoms with Crippen molar-refractivity contribution in [2.45, 2.75) is 26.0 Å². The van der Waals surface area contributed by atoms with E-state index in [0.717, 1.165) is 10.6 Å². The number of carbonyl (C=O) groups is 1. The number of hydrogen-bond acceptors (Lipinski definition) is 6. The summed E-state index contributed by atoms with van der Waals surface area (Å²) in [7, 11) is -0.305. The van der Waals surface area contributed by atoms with Crippen molar-refractivity contribution < 1.29 is 27.4 Å². The number of para-hydroxylation sites is 2. The van der Waals surface area contributed by atoms with Gasteiger partial charge in [0.2, 0.25) is 10.0 Å². The van der Waals surface area contributed by atoms with Crippen LogP contribution in [0.3, 0.4) is 0 Å². The van der Waals surface area contributed by atoms with E-state index in [9.17, 15) is 13.2 Å². The topological polar surface area (TPSA) is 94.2 Å². The van der Waals surface area contributed by atoms with Gasteiger partial charge in [0.1, 0.15) is 12.4 Å². The smallest absolute Gasteiger partial charge is 0.261 e. The van der Waals surface area contributed by atoms with Gasteiger partial charge in [0.15, 0.2) is 17.6 Å². The van der Waals surface area contributed by atoms with Crippen LogP contribution >= 0.6 is 0 Å². The molecule has 1 amide bonds. The van der Waals surface area contributed by atoms with Gasteiger partial charge in [0.05, 0.1) is 25.1 Å². The van der Waals surface area contributed by atoms with Gasteiger partial charge in [0.25, 0.3) is 5.91 Å². The quantitative estimate of drug-likeness (QED) is 0.615. The molecule has 0 aliphatic rings. The molecule has 0 saturated carbocycles. The van der Waals surface area contributed by atoms with Crippen molar-refractivity contribution in [3.05, 3.63) is 48.5 Å². The summed E-state index contributed by atoms with van der Waals surface area (Å²) in [6.45, 7) is 3.74. The number of rotatable bonds is 10. The van der Waals surface area contributed by atoms with Gasteiger partial charge in [-0.25, -0.2) is 8.42 Å². The zero-order valence-electron chi connectivity index (χ0n) is 17.8. The predicted molar refractivity (Wildman–Crippen MR) is 116 cm³/mol. The fraction of sp³-hybridized carbons (Fsp3) is 0.381. The maximum absolute atomic E-state index is 12.4. The Morgan fingerprint density at radius 1 is 1.07 bits per heavy atom. The van der Waals surface area contributed by atoms with Crippen LogP contribution < -0.4 is 23.8 Å². The molecule has 0 spiro atoms. The minimum atomic E-state index is -3.34. The molecule has 0 radical (unpaired) electrons. The highest BCUT2D eigenvalue weighted by Crippen LogP contribution is 2.25. The maximum atomic E-state index is 12.4. The van der Waals surface area contributed by atoms with Gasteiger partial charge in [0, 0.05) is 7.05 Å². The van der Waals surface area contributed by atoms with Crippen molar-refractivity contribution in [3.63, 3.8) is 0 Å². The van der Waals surface area contributed by atoms with Crippen LogP contribution in [0.5, 0.6) is 17.2 Å². The lowest BCUT2D eigenvalue weighted by molar-refractivity contribution is -0.128. The number of amides is 1. The van der Waals surface area contributed by atoms with Gasteiger partial charge in [-0.15, -0.1) is 0 Å². The SMILES string of the molecule is COc1ccccc1OC[C@H](C)NC(=O)[C@H](C)Oc1ccc(N(C)S(C)(=O)=O)cc1. The molecule has 0 unspecified atom stereocenters. The van der Waals surface area contributed by atoms with Gasteiger partial charge < -0.3 is 19.5 Å². The van der Waals surface area contributed by atoms with E-state index in [1.807, 2.05) is 19.1 Å². The number of benzene rings is 2. The first-order chi connectivity index (χ1) is 14.1. The van der Waals surface area contributed by atoms with Gasteiger partial charge in [-0.1, -0.05) is 12.1 Å². The molecule has 8 nitrogen and oxygen atoms in total. The molecular weight excluding hydrogens is 408 g/mol. The molecule has 2 aromatic rings. The van der Waals surface area contributed by atoms with Gasteiger partial charge in [-0.3, -0.25) is 9.10 Å². The Kier molecular flexibility index (Phi) is 7.93. The summed E-state index contributed by atoms with van der Waals surface area (Å²) in [5, 5.41) is 2.84. The molecule has 2 atom stereocenters. The van der Waals surface area contributed by atoms with Crippen LogP contribution in [0.25, 0.3) is 0 Å². The number of ether oxygens (including phenoxy) is 3. The summed E-state index contributed by atoms with van der Waals surface area (Å²) in [6.07, 6.45) is 0.389. The van der Waals surface area contributed by atoms with Crippen molar-refractivity contribution in [2.75, 3.05) is 31.3 Å². The summed E-state index contributed by atoms with van der Waals surface area (Å²) in [5.41, 5.74) is 0.504. The lowest BCUT2D eigenvalue weighted by Crippen LogP contribution is -2.43. The van der Waals surface area contributed by atoms with E-state index in [1.54, 1.807) is 50.4 Å². The highest BCUT2D eigenvalue weighted by atomic mass is 32.2. The predicted octanol–water partition coefficient (Wildman–Crippen LogP) is 2.44. The van der Waals surface area contributed by atoms with Crippen LogP contribution in [0, 0.1) is 0 Å². The van der Waals surface area contributed by atoms with Gasteiger partial charge >= 0.3 is 0 Å². The first kappa shape index (κ1) is 23.3. The van der Waals surface area contributed by atoms with Crippen molar-refractivity contribution in [1.29, 1.82) is 0 Å². The third kappa shape index (κ3) is 6.55. The van der Waals surface area contributed by atoms with E-state index < -0.39 is 16.1 Å². The largest absolute Gasteiger partial charge is 0.493 e. The lowest BCUT2D eigenvalue weighted by Gasteiger charge is -2.20. The van der Waals surface area contributed by atoms with E-state index in [0.29, 0.717) is 22.9 Å². The van der Waals surface area contributed by atoms with Crippen molar-refractivity contribution in [3.8, 4) is 17.2 Å². The molecule has 0 aliphatic heterocycles. The zero-order valence-corrected chi connectivity index (χ0v) is 18.6. The average molecular weight is 437 g/mol.